The van der Waals surface area contributed by atoms with E-state index in [0.717, 1.165) is 62.6 Å². The number of nitrogens with zero attached hydrogens (tertiary/aromatic N) is 6. The van der Waals surface area contributed by atoms with E-state index >= 15 is 0 Å². The number of amides is 3. The fourth-order valence-electron chi connectivity index (χ4n) is 9.36. The normalized spacial score (nSPS) is 11.1. The van der Waals surface area contributed by atoms with Gasteiger partial charge in [-0.05, 0) is 153 Å². The van der Waals surface area contributed by atoms with E-state index in [1.807, 2.05) is 49.4 Å². The first-order valence-corrected chi connectivity index (χ1v) is 26.5. The molecule has 0 radical (unpaired) electrons. The van der Waals surface area contributed by atoms with E-state index < -0.39 is 58.9 Å². The summed E-state index contributed by atoms with van der Waals surface area (Å²) in [6.07, 6.45) is -3.30. The highest BCUT2D eigenvalue weighted by molar-refractivity contribution is 6.03. The van der Waals surface area contributed by atoms with Gasteiger partial charge in [0.2, 0.25) is 17.7 Å². The van der Waals surface area contributed by atoms with E-state index in [1.54, 1.807) is 36.4 Å². The van der Waals surface area contributed by atoms with Gasteiger partial charge in [-0.15, -0.1) is 13.2 Å². The summed E-state index contributed by atoms with van der Waals surface area (Å²) in [6.45, 7) is 2.58. The van der Waals surface area contributed by atoms with E-state index in [2.05, 4.69) is 65.4 Å². The van der Waals surface area contributed by atoms with Crippen LogP contribution in [0.2, 0.25) is 0 Å². The summed E-state index contributed by atoms with van der Waals surface area (Å²) in [5.74, 6) is -4.77. The van der Waals surface area contributed by atoms with Crippen molar-refractivity contribution in [1.29, 1.82) is 0 Å². The van der Waals surface area contributed by atoms with Crippen LogP contribution in [0, 0.1) is 23.3 Å². The number of hydrogen-bond acceptors (Lipinski definition) is 13. The second kappa shape index (κ2) is 25.9. The number of primary amides is 3. The number of H-pyrrole nitrogens is 5. The Bertz CT molecular complexity index is 4760. The number of hydrogen-bond donors (Lipinski definition) is 8. The number of nitrogens with two attached hydrogens (primary N) is 3. The fourth-order valence-corrected chi connectivity index (χ4v) is 9.36. The number of benzene rings is 8. The predicted molar refractivity (Wildman–Crippen MR) is 318 cm³/mol. The Morgan fingerprint density at radius 2 is 0.889 bits per heavy atom. The van der Waals surface area contributed by atoms with Gasteiger partial charge in [0.1, 0.15) is 29.2 Å². The Labute approximate surface area is 502 Å². The van der Waals surface area contributed by atoms with Crippen molar-refractivity contribution in [3.8, 4) is 79.4 Å². The van der Waals surface area contributed by atoms with Gasteiger partial charge in [0, 0.05) is 66.1 Å². The predicted octanol–water partition coefficient (Wildman–Crippen LogP) is 11.9. The maximum atomic E-state index is 14.4. The zero-order valence-electron chi connectivity index (χ0n) is 47.1. The topological polar surface area (TPSA) is 322 Å². The highest BCUT2D eigenvalue weighted by atomic mass is 19.4. The van der Waals surface area contributed by atoms with Crippen molar-refractivity contribution in [1.82, 2.24) is 56.0 Å². The van der Waals surface area contributed by atoms with Crippen molar-refractivity contribution in [3.63, 3.8) is 0 Å². The van der Waals surface area contributed by atoms with Crippen molar-refractivity contribution >= 4 is 61.3 Å². The molecule has 8 aromatic carbocycles. The number of halogens is 7. The number of aromatic nitrogens is 11. The van der Waals surface area contributed by atoms with Crippen molar-refractivity contribution < 1.29 is 64.1 Å². The third-order valence-corrected chi connectivity index (χ3v) is 13.6. The van der Waals surface area contributed by atoms with Crippen LogP contribution in [0.5, 0.6) is 23.0 Å². The highest BCUT2D eigenvalue weighted by Crippen LogP contribution is 2.37. The van der Waals surface area contributed by atoms with Crippen LogP contribution in [0.1, 0.15) is 38.0 Å². The molecule has 13 aromatic rings. The van der Waals surface area contributed by atoms with E-state index in [-0.39, 0.29) is 33.7 Å². The van der Waals surface area contributed by atoms with Crippen molar-refractivity contribution in [2.75, 3.05) is 20.8 Å². The van der Waals surface area contributed by atoms with E-state index in [1.165, 1.54) is 69.1 Å². The minimum Gasteiger partial charge on any atom is -0.494 e. The third kappa shape index (κ3) is 13.2. The molecule has 456 valence electrons. The fraction of sp³-hybridized carbons (Fsp3) is 0.0806. The number of rotatable bonds is 13. The lowest BCUT2D eigenvalue weighted by Gasteiger charge is -2.08. The average molecular weight is 1230 g/mol. The average Bonchev–Trinajstić information content (AvgIpc) is 1.86. The quantitative estimate of drug-likeness (QED) is 0.0499. The molecule has 0 aliphatic carbocycles. The molecule has 28 heteroatoms. The van der Waals surface area contributed by atoms with Gasteiger partial charge in [-0.3, -0.25) is 39.9 Å². The maximum absolute atomic E-state index is 14.4. The second-order valence-electron chi connectivity index (χ2n) is 19.2. The van der Waals surface area contributed by atoms with E-state index in [9.17, 15) is 45.1 Å². The summed E-state index contributed by atoms with van der Waals surface area (Å²) in [4.78, 5) is 37.9. The molecule has 0 aliphatic heterocycles. The number of methoxy groups -OCH3 is 2. The molecule has 0 saturated heterocycles. The monoisotopic (exact) mass is 1230 g/mol. The zero-order valence-corrected chi connectivity index (χ0v) is 47.1. The summed E-state index contributed by atoms with van der Waals surface area (Å²) in [6, 6.07) is 38.0. The van der Waals surface area contributed by atoms with Crippen molar-refractivity contribution in [2.45, 2.75) is 13.3 Å². The van der Waals surface area contributed by atoms with Gasteiger partial charge < -0.3 is 36.1 Å². The minimum absolute atomic E-state index is 0.0612. The summed E-state index contributed by atoms with van der Waals surface area (Å²) >= 11 is 0. The third-order valence-electron chi connectivity index (χ3n) is 13.6. The summed E-state index contributed by atoms with van der Waals surface area (Å²) in [7, 11) is 2.36. The molecule has 0 bridgehead atoms. The Morgan fingerprint density at radius 3 is 1.32 bits per heavy atom. The summed E-state index contributed by atoms with van der Waals surface area (Å²) in [5, 5.41) is 37.3. The summed E-state index contributed by atoms with van der Waals surface area (Å²) in [5.41, 5.74) is 24.4. The van der Waals surface area contributed by atoms with Gasteiger partial charge in [-0.25, -0.2) is 22.5 Å². The molecule has 11 N–H and O–H groups in total. The van der Waals surface area contributed by atoms with Crippen LogP contribution < -0.4 is 36.1 Å². The van der Waals surface area contributed by atoms with E-state index in [0.29, 0.717) is 56.8 Å². The standard InChI is InChI=1S/C16H10F3N5O.C16H15N3O2.2C15H11F2N3O2/c17-16(18,19)25-11-4-1-9(2-5-11)14-12-7-10(15-20-8-21-24-15)3-6-13(12)22-23-14;1-2-21-12-6-3-10(4-7-12)15-13-9-11(16(17)20)5-8-14(13)18-19-15;1-22-14-10(16)4-3-8(12(14)17)13-9-6-7(15(18)21)2-5-11(9)19-20-13;1-22-14-10(16)5-8(6-11(14)17)13-9-4-7(15(18)21)2-3-12(9)19-20-13/h1-8H,(H,22,23)(H,20,21,24);3-9H,2H2,1H3,(H2,17,20)(H,18,19);2*2-6H,1H3,(H2,18,21)(H,19,20). The smallest absolute Gasteiger partial charge is 0.494 e. The molecule has 0 unspecified atom stereocenters. The SMILES string of the molecule is CCOc1ccc(-c2n[nH]c3ccc(C(N)=O)cc23)cc1.COc1c(F)cc(-c2n[nH]c3ccc(C(N)=O)cc23)cc1F.COc1c(F)ccc(-c2n[nH]c3ccc(C(N)=O)cc23)c1F.FC(F)(F)Oc1ccc(-c2n[nH]c3ccc(-c4ncn[nH]4)cc23)cc1. The molecule has 5 aromatic heterocycles. The molecular weight excluding hydrogens is 1190 g/mol. The second-order valence-corrected chi connectivity index (χ2v) is 19.2. The molecule has 0 saturated carbocycles. The number of nitrogens with one attached hydrogen (secondary N) is 5. The highest BCUT2D eigenvalue weighted by Gasteiger charge is 2.31. The number of aromatic amines is 5. The lowest BCUT2D eigenvalue weighted by molar-refractivity contribution is -0.274. The Balaban J connectivity index is 0.000000132. The van der Waals surface area contributed by atoms with E-state index in [4.69, 9.17) is 26.7 Å². The number of carbonyl (C=O) groups excluding carboxylic acids is 3. The molecular formula is C62H47F7N14O7. The first kappa shape index (κ1) is 61.0. The molecule has 3 amide bonds. The molecule has 21 nitrogen and oxygen atoms in total. The van der Waals surface area contributed by atoms with Gasteiger partial charge in [0.25, 0.3) is 0 Å². The molecule has 0 fully saturated rings. The van der Waals surface area contributed by atoms with Crippen LogP contribution in [0.15, 0.2) is 152 Å². The van der Waals surface area contributed by atoms with Gasteiger partial charge in [-0.2, -0.15) is 25.5 Å². The van der Waals surface area contributed by atoms with Gasteiger partial charge in [0.05, 0.1) is 54.3 Å². The molecule has 0 spiro atoms. The number of alkyl halides is 3. The zero-order chi connectivity index (χ0) is 64.0. The lowest BCUT2D eigenvalue weighted by atomic mass is 10.0. The van der Waals surface area contributed by atoms with Crippen LogP contribution in [0.3, 0.4) is 0 Å². The van der Waals surface area contributed by atoms with Gasteiger partial charge in [-0.1, -0.05) is 0 Å². The number of ether oxygens (including phenoxy) is 4. The van der Waals surface area contributed by atoms with Crippen molar-refractivity contribution in [3.05, 3.63) is 192 Å². The number of fused-ring (bicyclic) bond motifs is 4. The first-order chi connectivity index (χ1) is 43.2. The van der Waals surface area contributed by atoms with Crippen LogP contribution >= 0.6 is 0 Å². The number of carbonyl (C=O) groups is 3. The molecule has 13 rings (SSSR count). The van der Waals surface area contributed by atoms with Crippen LogP contribution in [-0.4, -0.2) is 101 Å². The Kier molecular flexibility index (Phi) is 17.5. The largest absolute Gasteiger partial charge is 0.573 e. The maximum Gasteiger partial charge on any atom is 0.573 e. The van der Waals surface area contributed by atoms with Crippen LogP contribution in [0.25, 0.3) is 100 Å². The van der Waals surface area contributed by atoms with Crippen molar-refractivity contribution in [2.24, 2.45) is 17.2 Å². The first-order valence-electron chi connectivity index (χ1n) is 26.5. The summed E-state index contributed by atoms with van der Waals surface area (Å²) < 4.78 is 111. The Hall–Kier alpha value is -12.1. The molecule has 0 atom stereocenters. The van der Waals surface area contributed by atoms with Gasteiger partial charge >= 0.3 is 6.36 Å². The minimum atomic E-state index is -4.72. The van der Waals surface area contributed by atoms with Gasteiger partial charge in [0.15, 0.2) is 40.6 Å². The molecule has 0 aliphatic rings. The lowest BCUT2D eigenvalue weighted by Crippen LogP contribution is -2.16. The molecule has 5 heterocycles. The Morgan fingerprint density at radius 1 is 0.467 bits per heavy atom. The van der Waals surface area contributed by atoms with Crippen LogP contribution in [-0.2, 0) is 0 Å². The van der Waals surface area contributed by atoms with Crippen LogP contribution in [0.4, 0.5) is 30.7 Å². The molecule has 90 heavy (non-hydrogen) atoms.